The van der Waals surface area contributed by atoms with E-state index in [2.05, 4.69) is 5.32 Å². The van der Waals surface area contributed by atoms with E-state index in [0.717, 1.165) is 11.3 Å². The third-order valence-corrected chi connectivity index (χ3v) is 6.60. The summed E-state index contributed by atoms with van der Waals surface area (Å²) < 4.78 is 5.50. The summed E-state index contributed by atoms with van der Waals surface area (Å²) in [6.45, 7) is 4.30. The quantitative estimate of drug-likeness (QED) is 0.419. The van der Waals surface area contributed by atoms with Crippen molar-refractivity contribution >= 4 is 46.1 Å². The van der Waals surface area contributed by atoms with Gasteiger partial charge < -0.3 is 19.5 Å². The highest BCUT2D eigenvalue weighted by atomic mass is 35.5. The van der Waals surface area contributed by atoms with Crippen LogP contribution in [0.2, 0.25) is 0 Å². The number of alkyl halides is 1. The number of thiophene rings is 1. The van der Waals surface area contributed by atoms with E-state index in [0.29, 0.717) is 29.4 Å². The number of furan rings is 1. The van der Waals surface area contributed by atoms with Crippen molar-refractivity contribution in [3.8, 4) is 0 Å². The summed E-state index contributed by atoms with van der Waals surface area (Å²) in [4.78, 5) is 30.3. The fourth-order valence-electron chi connectivity index (χ4n) is 3.14. The molecule has 0 unspecified atom stereocenters. The van der Waals surface area contributed by atoms with Crippen molar-refractivity contribution in [1.29, 1.82) is 0 Å². The molecule has 2 aromatic heterocycles. The van der Waals surface area contributed by atoms with E-state index in [-0.39, 0.29) is 17.7 Å². The summed E-state index contributed by atoms with van der Waals surface area (Å²) in [5.41, 5.74) is 1.84. The van der Waals surface area contributed by atoms with Crippen LogP contribution < -0.4 is 10.2 Å². The average molecular weight is 474 g/mol. The van der Waals surface area contributed by atoms with Gasteiger partial charge in [0.2, 0.25) is 5.91 Å². The Kier molecular flexibility index (Phi) is 7.64. The molecule has 32 heavy (non-hydrogen) atoms. The van der Waals surface area contributed by atoms with Gasteiger partial charge in [-0.3, -0.25) is 9.59 Å². The Morgan fingerprint density at radius 3 is 2.50 bits per heavy atom. The van der Waals surface area contributed by atoms with E-state index >= 15 is 0 Å². The highest BCUT2D eigenvalue weighted by molar-refractivity contribution is 7.12. The number of amides is 2. The molecule has 0 radical (unpaired) electrons. The molecule has 2 heterocycles. The smallest absolute Gasteiger partial charge is 0.264 e. The van der Waals surface area contributed by atoms with Gasteiger partial charge in [0, 0.05) is 37.9 Å². The van der Waals surface area contributed by atoms with Crippen molar-refractivity contribution in [3.63, 3.8) is 0 Å². The zero-order valence-corrected chi connectivity index (χ0v) is 20.3. The zero-order chi connectivity index (χ0) is 23.3. The summed E-state index contributed by atoms with van der Waals surface area (Å²) in [6.07, 6.45) is 1.60. The lowest BCUT2D eigenvalue weighted by molar-refractivity contribution is -0.122. The Morgan fingerprint density at radius 2 is 1.91 bits per heavy atom. The van der Waals surface area contributed by atoms with Crippen molar-refractivity contribution in [1.82, 2.24) is 4.90 Å². The van der Waals surface area contributed by atoms with Crippen LogP contribution in [-0.4, -0.2) is 36.7 Å². The second kappa shape index (κ2) is 10.2. The lowest BCUT2D eigenvalue weighted by atomic mass is 9.95. The molecule has 0 fully saturated rings. The third kappa shape index (κ3) is 5.72. The normalized spacial score (nSPS) is 11.3. The van der Waals surface area contributed by atoms with Crippen LogP contribution in [0.5, 0.6) is 0 Å². The summed E-state index contributed by atoms with van der Waals surface area (Å²) in [5.74, 6) is 0.694. The molecule has 0 bridgehead atoms. The minimum absolute atomic E-state index is 0.0705. The molecule has 0 saturated carbocycles. The van der Waals surface area contributed by atoms with Gasteiger partial charge in [-0.15, -0.1) is 22.9 Å². The van der Waals surface area contributed by atoms with Crippen molar-refractivity contribution in [2.24, 2.45) is 5.41 Å². The van der Waals surface area contributed by atoms with E-state index in [1.807, 2.05) is 66.8 Å². The van der Waals surface area contributed by atoms with E-state index < -0.39 is 5.41 Å². The maximum Gasteiger partial charge on any atom is 0.264 e. The number of anilines is 2. The van der Waals surface area contributed by atoms with E-state index in [9.17, 15) is 9.59 Å². The first kappa shape index (κ1) is 23.9. The van der Waals surface area contributed by atoms with Gasteiger partial charge in [0.1, 0.15) is 5.76 Å². The Labute approximate surface area is 197 Å². The number of rotatable bonds is 9. The number of benzene rings is 1. The van der Waals surface area contributed by atoms with Gasteiger partial charge in [-0.2, -0.15) is 0 Å². The maximum atomic E-state index is 13.2. The lowest BCUT2D eigenvalue weighted by Crippen LogP contribution is -2.32. The molecule has 3 rings (SSSR count). The van der Waals surface area contributed by atoms with Crippen LogP contribution in [0.3, 0.4) is 0 Å². The standard InChI is InChI=1S/C24H28ClN3O3S/c1-24(2,16-25)23(30)26-18-9-10-20(27(3)4)17(13-18)14-28(15-19-7-5-11-31-19)22(29)21-8-6-12-32-21/h5-13H,14-16H2,1-4H3,(H,26,30). The van der Waals surface area contributed by atoms with Crippen molar-refractivity contribution in [3.05, 3.63) is 70.3 Å². The van der Waals surface area contributed by atoms with Crippen LogP contribution in [0.1, 0.15) is 34.8 Å². The second-order valence-electron chi connectivity index (χ2n) is 8.43. The van der Waals surface area contributed by atoms with Gasteiger partial charge in [0.25, 0.3) is 5.91 Å². The number of halogens is 1. The molecule has 1 aromatic carbocycles. The average Bonchev–Trinajstić information content (AvgIpc) is 3.47. The highest BCUT2D eigenvalue weighted by Crippen LogP contribution is 2.28. The number of carbonyl (C=O) groups is 2. The van der Waals surface area contributed by atoms with Gasteiger partial charge in [-0.25, -0.2) is 0 Å². The van der Waals surface area contributed by atoms with E-state index in [4.69, 9.17) is 16.0 Å². The summed E-state index contributed by atoms with van der Waals surface area (Å²) in [7, 11) is 3.90. The molecule has 0 aliphatic carbocycles. The number of carbonyl (C=O) groups excluding carboxylic acids is 2. The summed E-state index contributed by atoms with van der Waals surface area (Å²) >= 11 is 7.36. The summed E-state index contributed by atoms with van der Waals surface area (Å²) in [5, 5.41) is 4.84. The molecule has 6 nitrogen and oxygen atoms in total. The SMILES string of the molecule is CN(C)c1ccc(NC(=O)C(C)(C)CCl)cc1CN(Cc1ccco1)C(=O)c1cccs1. The minimum atomic E-state index is -0.692. The van der Waals surface area contributed by atoms with Crippen molar-refractivity contribution in [2.75, 3.05) is 30.2 Å². The molecule has 0 aliphatic heterocycles. The zero-order valence-electron chi connectivity index (χ0n) is 18.7. The fraction of sp³-hybridized carbons (Fsp3) is 0.333. The fourth-order valence-corrected chi connectivity index (χ4v) is 3.95. The van der Waals surface area contributed by atoms with Gasteiger partial charge in [-0.05, 0) is 61.2 Å². The van der Waals surface area contributed by atoms with Crippen molar-refractivity contribution in [2.45, 2.75) is 26.9 Å². The number of hydrogen-bond acceptors (Lipinski definition) is 5. The molecule has 1 N–H and O–H groups in total. The molecule has 8 heteroatoms. The van der Waals surface area contributed by atoms with Crippen LogP contribution in [-0.2, 0) is 17.9 Å². The van der Waals surface area contributed by atoms with Crippen LogP contribution in [0.25, 0.3) is 0 Å². The molecular weight excluding hydrogens is 446 g/mol. The van der Waals surface area contributed by atoms with Crippen LogP contribution in [0, 0.1) is 5.41 Å². The second-order valence-corrected chi connectivity index (χ2v) is 9.64. The Balaban J connectivity index is 1.92. The topological polar surface area (TPSA) is 65.8 Å². The molecule has 2 amide bonds. The number of nitrogens with zero attached hydrogens (tertiary/aromatic N) is 2. The van der Waals surface area contributed by atoms with Crippen LogP contribution >= 0.6 is 22.9 Å². The molecule has 0 saturated heterocycles. The predicted molar refractivity (Wildman–Crippen MR) is 131 cm³/mol. The first-order chi connectivity index (χ1) is 15.2. The maximum absolute atomic E-state index is 13.2. The minimum Gasteiger partial charge on any atom is -0.467 e. The first-order valence-electron chi connectivity index (χ1n) is 10.2. The largest absolute Gasteiger partial charge is 0.467 e. The van der Waals surface area contributed by atoms with Crippen LogP contribution in [0.15, 0.2) is 58.5 Å². The van der Waals surface area contributed by atoms with Crippen molar-refractivity contribution < 1.29 is 14.0 Å². The number of nitrogens with one attached hydrogen (secondary N) is 1. The lowest BCUT2D eigenvalue weighted by Gasteiger charge is -2.26. The predicted octanol–water partition coefficient (Wildman–Crippen LogP) is 5.45. The van der Waals surface area contributed by atoms with Gasteiger partial charge >= 0.3 is 0 Å². The monoisotopic (exact) mass is 473 g/mol. The summed E-state index contributed by atoms with van der Waals surface area (Å²) in [6, 6.07) is 13.1. The highest BCUT2D eigenvalue weighted by Gasteiger charge is 2.27. The van der Waals surface area contributed by atoms with E-state index in [1.165, 1.54) is 11.3 Å². The van der Waals surface area contributed by atoms with Gasteiger partial charge in [0.05, 0.1) is 23.1 Å². The Bertz CT molecular complexity index is 1050. The third-order valence-electron chi connectivity index (χ3n) is 5.08. The first-order valence-corrected chi connectivity index (χ1v) is 11.7. The number of hydrogen-bond donors (Lipinski definition) is 1. The van der Waals surface area contributed by atoms with Crippen LogP contribution in [0.4, 0.5) is 11.4 Å². The molecule has 3 aromatic rings. The van der Waals surface area contributed by atoms with Gasteiger partial charge in [-0.1, -0.05) is 6.07 Å². The molecule has 0 spiro atoms. The molecule has 0 atom stereocenters. The molecular formula is C24H28ClN3O3S. The molecule has 170 valence electrons. The molecule has 0 aliphatic rings. The van der Waals surface area contributed by atoms with Gasteiger partial charge in [0.15, 0.2) is 0 Å². The Morgan fingerprint density at radius 1 is 1.12 bits per heavy atom. The van der Waals surface area contributed by atoms with E-state index in [1.54, 1.807) is 25.0 Å². The Hall–Kier alpha value is -2.77.